The summed E-state index contributed by atoms with van der Waals surface area (Å²) in [7, 11) is 0. The van der Waals surface area contributed by atoms with Gasteiger partial charge in [-0.2, -0.15) is 4.98 Å². The van der Waals surface area contributed by atoms with Gasteiger partial charge in [-0.15, -0.1) is 0 Å². The molecular formula is C14H9FN2O2. The average molecular weight is 256 g/mol. The number of hydrogen-bond donors (Lipinski definition) is 1. The number of hydrogen-bond acceptors (Lipinski definition) is 4. The third-order valence-corrected chi connectivity index (χ3v) is 2.63. The van der Waals surface area contributed by atoms with Crippen LogP contribution in [0.25, 0.3) is 22.8 Å². The van der Waals surface area contributed by atoms with Crippen LogP contribution in [0, 0.1) is 5.82 Å². The number of rotatable bonds is 2. The second-order valence-corrected chi connectivity index (χ2v) is 3.95. The van der Waals surface area contributed by atoms with E-state index in [0.29, 0.717) is 11.4 Å². The first kappa shape index (κ1) is 11.4. The molecule has 0 unspecified atom stereocenters. The van der Waals surface area contributed by atoms with E-state index in [2.05, 4.69) is 10.1 Å². The summed E-state index contributed by atoms with van der Waals surface area (Å²) in [6.45, 7) is 0. The standard InChI is InChI=1S/C14H9FN2O2/c15-12-7-2-1-6-11(12)14-16-13(17-19-14)9-4-3-5-10(18)8-9/h1-8,18H. The fourth-order valence-corrected chi connectivity index (χ4v) is 1.73. The molecule has 0 aliphatic carbocycles. The van der Waals surface area contributed by atoms with Gasteiger partial charge in [-0.25, -0.2) is 4.39 Å². The highest BCUT2D eigenvalue weighted by Gasteiger charge is 2.13. The van der Waals surface area contributed by atoms with Crippen LogP contribution in [0.15, 0.2) is 53.1 Å². The molecule has 5 heteroatoms. The molecular weight excluding hydrogens is 247 g/mol. The Kier molecular flexibility index (Phi) is 2.72. The molecule has 0 spiro atoms. The maximum Gasteiger partial charge on any atom is 0.261 e. The number of aromatic nitrogens is 2. The van der Waals surface area contributed by atoms with Crippen LogP contribution in [0.1, 0.15) is 0 Å². The average Bonchev–Trinajstić information content (AvgIpc) is 2.89. The number of phenolic OH excluding ortho intramolecular Hbond substituents is 1. The Balaban J connectivity index is 2.03. The predicted molar refractivity (Wildman–Crippen MR) is 66.8 cm³/mol. The molecule has 94 valence electrons. The highest BCUT2D eigenvalue weighted by molar-refractivity contribution is 5.61. The van der Waals surface area contributed by atoms with Crippen molar-refractivity contribution in [2.75, 3.05) is 0 Å². The largest absolute Gasteiger partial charge is 0.508 e. The van der Waals surface area contributed by atoms with Crippen LogP contribution in [0.5, 0.6) is 5.75 Å². The van der Waals surface area contributed by atoms with Gasteiger partial charge in [0.1, 0.15) is 11.6 Å². The lowest BCUT2D eigenvalue weighted by Crippen LogP contribution is -1.84. The van der Waals surface area contributed by atoms with Crippen LogP contribution in [0.4, 0.5) is 4.39 Å². The summed E-state index contributed by atoms with van der Waals surface area (Å²) < 4.78 is 18.6. The molecule has 0 bridgehead atoms. The van der Waals surface area contributed by atoms with Gasteiger partial charge in [0.05, 0.1) is 5.56 Å². The number of benzene rings is 2. The molecule has 3 rings (SSSR count). The smallest absolute Gasteiger partial charge is 0.261 e. The van der Waals surface area contributed by atoms with E-state index in [4.69, 9.17) is 4.52 Å². The third-order valence-electron chi connectivity index (χ3n) is 2.63. The third kappa shape index (κ3) is 2.18. The second kappa shape index (κ2) is 4.53. The molecule has 2 aromatic carbocycles. The second-order valence-electron chi connectivity index (χ2n) is 3.95. The monoisotopic (exact) mass is 256 g/mol. The van der Waals surface area contributed by atoms with E-state index in [-0.39, 0.29) is 17.2 Å². The van der Waals surface area contributed by atoms with Gasteiger partial charge < -0.3 is 9.63 Å². The molecule has 1 N–H and O–H groups in total. The Morgan fingerprint density at radius 2 is 1.89 bits per heavy atom. The molecule has 0 aliphatic heterocycles. The molecule has 0 amide bonds. The highest BCUT2D eigenvalue weighted by Crippen LogP contribution is 2.25. The zero-order valence-electron chi connectivity index (χ0n) is 9.75. The number of phenols is 1. The molecule has 0 radical (unpaired) electrons. The summed E-state index contributed by atoms with van der Waals surface area (Å²) in [6, 6.07) is 12.6. The van der Waals surface area contributed by atoms with Crippen molar-refractivity contribution in [3.63, 3.8) is 0 Å². The molecule has 1 heterocycles. The Morgan fingerprint density at radius 1 is 1.05 bits per heavy atom. The first-order valence-corrected chi connectivity index (χ1v) is 5.62. The quantitative estimate of drug-likeness (QED) is 0.764. The Labute approximate surface area is 108 Å². The van der Waals surface area contributed by atoms with Crippen LogP contribution in [-0.4, -0.2) is 15.2 Å². The first-order valence-electron chi connectivity index (χ1n) is 5.62. The van der Waals surface area contributed by atoms with Crippen molar-refractivity contribution >= 4 is 0 Å². The van der Waals surface area contributed by atoms with Crippen LogP contribution in [0.2, 0.25) is 0 Å². The molecule has 0 aliphatic rings. The van der Waals surface area contributed by atoms with E-state index < -0.39 is 5.82 Å². The van der Waals surface area contributed by atoms with Gasteiger partial charge in [-0.3, -0.25) is 0 Å². The zero-order chi connectivity index (χ0) is 13.2. The fourth-order valence-electron chi connectivity index (χ4n) is 1.73. The summed E-state index contributed by atoms with van der Waals surface area (Å²) in [4.78, 5) is 4.12. The highest BCUT2D eigenvalue weighted by atomic mass is 19.1. The summed E-state index contributed by atoms with van der Waals surface area (Å²) in [6.07, 6.45) is 0. The van der Waals surface area contributed by atoms with Crippen LogP contribution >= 0.6 is 0 Å². The topological polar surface area (TPSA) is 59.2 Å². The van der Waals surface area contributed by atoms with Crippen molar-refractivity contribution < 1.29 is 14.0 Å². The van der Waals surface area contributed by atoms with Crippen molar-refractivity contribution in [1.82, 2.24) is 10.1 Å². The molecule has 1 aromatic heterocycles. The lowest BCUT2D eigenvalue weighted by molar-refractivity contribution is 0.429. The number of nitrogens with zero attached hydrogens (tertiary/aromatic N) is 2. The van der Waals surface area contributed by atoms with Crippen LogP contribution in [0.3, 0.4) is 0 Å². The Morgan fingerprint density at radius 3 is 2.68 bits per heavy atom. The fraction of sp³-hybridized carbons (Fsp3) is 0. The molecule has 0 saturated carbocycles. The molecule has 0 atom stereocenters. The zero-order valence-corrected chi connectivity index (χ0v) is 9.75. The van der Waals surface area contributed by atoms with E-state index >= 15 is 0 Å². The maximum absolute atomic E-state index is 13.6. The minimum atomic E-state index is -0.423. The number of aromatic hydroxyl groups is 1. The van der Waals surface area contributed by atoms with Gasteiger partial charge in [0.2, 0.25) is 5.82 Å². The molecule has 3 aromatic rings. The van der Waals surface area contributed by atoms with E-state index in [1.807, 2.05) is 0 Å². The Hall–Kier alpha value is -2.69. The normalized spacial score (nSPS) is 10.6. The van der Waals surface area contributed by atoms with Gasteiger partial charge in [0.15, 0.2) is 0 Å². The van der Waals surface area contributed by atoms with Crippen molar-refractivity contribution in [3.8, 4) is 28.6 Å². The molecule has 4 nitrogen and oxygen atoms in total. The summed E-state index contributed by atoms with van der Waals surface area (Å²) in [5, 5.41) is 13.2. The van der Waals surface area contributed by atoms with E-state index in [1.165, 1.54) is 12.1 Å². The molecule has 19 heavy (non-hydrogen) atoms. The number of halogens is 1. The SMILES string of the molecule is Oc1cccc(-c2noc(-c3ccccc3F)n2)c1. The maximum atomic E-state index is 13.6. The van der Waals surface area contributed by atoms with Crippen LogP contribution in [-0.2, 0) is 0 Å². The van der Waals surface area contributed by atoms with Gasteiger partial charge in [-0.1, -0.05) is 29.4 Å². The van der Waals surface area contributed by atoms with Gasteiger partial charge in [0.25, 0.3) is 5.89 Å². The van der Waals surface area contributed by atoms with Gasteiger partial charge in [0, 0.05) is 5.56 Å². The lowest BCUT2D eigenvalue weighted by Gasteiger charge is -1.95. The van der Waals surface area contributed by atoms with Gasteiger partial charge >= 0.3 is 0 Å². The van der Waals surface area contributed by atoms with Crippen molar-refractivity contribution in [1.29, 1.82) is 0 Å². The van der Waals surface area contributed by atoms with E-state index in [9.17, 15) is 9.50 Å². The summed E-state index contributed by atoms with van der Waals surface area (Å²) in [5.41, 5.74) is 0.854. The minimum absolute atomic E-state index is 0.106. The van der Waals surface area contributed by atoms with Crippen molar-refractivity contribution in [3.05, 3.63) is 54.3 Å². The molecule has 0 saturated heterocycles. The molecule has 0 fully saturated rings. The summed E-state index contributed by atoms with van der Waals surface area (Å²) in [5.74, 6) is 0.0916. The van der Waals surface area contributed by atoms with Crippen molar-refractivity contribution in [2.45, 2.75) is 0 Å². The van der Waals surface area contributed by atoms with Crippen molar-refractivity contribution in [2.24, 2.45) is 0 Å². The summed E-state index contributed by atoms with van der Waals surface area (Å²) >= 11 is 0. The van der Waals surface area contributed by atoms with E-state index in [0.717, 1.165) is 0 Å². The first-order chi connectivity index (χ1) is 9.24. The lowest BCUT2D eigenvalue weighted by atomic mass is 10.2. The predicted octanol–water partition coefficient (Wildman–Crippen LogP) is 3.25. The Bertz CT molecular complexity index is 725. The van der Waals surface area contributed by atoms with Gasteiger partial charge in [-0.05, 0) is 24.3 Å². The van der Waals surface area contributed by atoms with E-state index in [1.54, 1.807) is 36.4 Å². The van der Waals surface area contributed by atoms with Crippen LogP contribution < -0.4 is 0 Å². The minimum Gasteiger partial charge on any atom is -0.508 e.